The lowest BCUT2D eigenvalue weighted by atomic mass is 10.1. The Hall–Kier alpha value is -2.82. The van der Waals surface area contributed by atoms with E-state index in [0.717, 1.165) is 33.6 Å². The number of rotatable bonds is 2. The van der Waals surface area contributed by atoms with Gasteiger partial charge in [-0.25, -0.2) is 0 Å². The van der Waals surface area contributed by atoms with Crippen LogP contribution in [0.25, 0.3) is 27.8 Å². The SMILES string of the molecule is c1ccc(-c2nn3c(C4CC4)nnc3c3cccnc23)cc1. The first-order valence-electron chi connectivity index (χ1n) is 7.47. The van der Waals surface area contributed by atoms with Crippen LogP contribution in [0.5, 0.6) is 0 Å². The Balaban J connectivity index is 1.92. The van der Waals surface area contributed by atoms with Gasteiger partial charge in [-0.1, -0.05) is 30.3 Å². The quantitative estimate of drug-likeness (QED) is 0.568. The maximum Gasteiger partial charge on any atom is 0.187 e. The summed E-state index contributed by atoms with van der Waals surface area (Å²) in [6.45, 7) is 0. The minimum absolute atomic E-state index is 0.500. The summed E-state index contributed by atoms with van der Waals surface area (Å²) in [5.41, 5.74) is 3.61. The van der Waals surface area contributed by atoms with Crippen molar-refractivity contribution in [3.8, 4) is 11.3 Å². The van der Waals surface area contributed by atoms with Crippen molar-refractivity contribution < 1.29 is 0 Å². The fourth-order valence-corrected chi connectivity index (χ4v) is 2.87. The Kier molecular flexibility index (Phi) is 2.33. The largest absolute Gasteiger partial charge is 0.254 e. The van der Waals surface area contributed by atoms with E-state index in [-0.39, 0.29) is 0 Å². The molecule has 3 heterocycles. The molecule has 1 aromatic carbocycles. The minimum Gasteiger partial charge on any atom is -0.254 e. The summed E-state index contributed by atoms with van der Waals surface area (Å²) in [4.78, 5) is 4.53. The molecule has 1 aliphatic carbocycles. The number of fused-ring (bicyclic) bond motifs is 3. The molecule has 1 saturated carbocycles. The van der Waals surface area contributed by atoms with E-state index in [2.05, 4.69) is 27.3 Å². The van der Waals surface area contributed by atoms with Gasteiger partial charge in [-0.15, -0.1) is 10.2 Å². The average molecular weight is 287 g/mol. The van der Waals surface area contributed by atoms with E-state index in [1.165, 1.54) is 12.8 Å². The summed E-state index contributed by atoms with van der Waals surface area (Å²) in [7, 11) is 0. The molecule has 106 valence electrons. The van der Waals surface area contributed by atoms with Gasteiger partial charge in [0.15, 0.2) is 11.5 Å². The van der Waals surface area contributed by atoms with Crippen molar-refractivity contribution in [2.45, 2.75) is 18.8 Å². The van der Waals surface area contributed by atoms with Gasteiger partial charge in [0.05, 0.1) is 0 Å². The van der Waals surface area contributed by atoms with E-state index in [0.29, 0.717) is 5.92 Å². The molecule has 5 nitrogen and oxygen atoms in total. The summed E-state index contributed by atoms with van der Waals surface area (Å²) in [6.07, 6.45) is 4.15. The molecule has 0 amide bonds. The average Bonchev–Trinajstić information content (AvgIpc) is 3.34. The zero-order valence-electron chi connectivity index (χ0n) is 11.8. The van der Waals surface area contributed by atoms with Crippen LogP contribution in [-0.4, -0.2) is 24.8 Å². The van der Waals surface area contributed by atoms with Crippen molar-refractivity contribution in [2.75, 3.05) is 0 Å². The molecular formula is C17H13N5. The van der Waals surface area contributed by atoms with Gasteiger partial charge in [0, 0.05) is 23.1 Å². The molecule has 0 aliphatic heterocycles. The third kappa shape index (κ3) is 1.65. The van der Waals surface area contributed by atoms with Crippen LogP contribution < -0.4 is 0 Å². The smallest absolute Gasteiger partial charge is 0.187 e. The number of aromatic nitrogens is 5. The maximum atomic E-state index is 4.82. The Morgan fingerprint density at radius 1 is 0.955 bits per heavy atom. The van der Waals surface area contributed by atoms with E-state index in [9.17, 15) is 0 Å². The van der Waals surface area contributed by atoms with E-state index < -0.39 is 0 Å². The molecule has 0 unspecified atom stereocenters. The highest BCUT2D eigenvalue weighted by molar-refractivity contribution is 5.98. The van der Waals surface area contributed by atoms with Crippen LogP contribution in [-0.2, 0) is 0 Å². The van der Waals surface area contributed by atoms with Crippen molar-refractivity contribution in [3.63, 3.8) is 0 Å². The van der Waals surface area contributed by atoms with Gasteiger partial charge >= 0.3 is 0 Å². The van der Waals surface area contributed by atoms with Crippen LogP contribution >= 0.6 is 0 Å². The summed E-state index contributed by atoms with van der Waals surface area (Å²) in [5.74, 6) is 1.47. The van der Waals surface area contributed by atoms with Gasteiger partial charge in [-0.3, -0.25) is 4.98 Å². The first-order valence-corrected chi connectivity index (χ1v) is 7.47. The zero-order chi connectivity index (χ0) is 14.5. The van der Waals surface area contributed by atoms with Crippen molar-refractivity contribution in [2.24, 2.45) is 0 Å². The monoisotopic (exact) mass is 287 g/mol. The Bertz CT molecular complexity index is 986. The second-order valence-electron chi connectivity index (χ2n) is 5.68. The van der Waals surface area contributed by atoms with Gasteiger partial charge < -0.3 is 0 Å². The first-order chi connectivity index (χ1) is 10.9. The van der Waals surface area contributed by atoms with Gasteiger partial charge in [-0.05, 0) is 25.0 Å². The van der Waals surface area contributed by atoms with Crippen molar-refractivity contribution >= 4 is 16.6 Å². The number of benzene rings is 1. The van der Waals surface area contributed by atoms with Crippen molar-refractivity contribution in [1.29, 1.82) is 0 Å². The third-order valence-corrected chi connectivity index (χ3v) is 4.13. The Morgan fingerprint density at radius 3 is 2.64 bits per heavy atom. The van der Waals surface area contributed by atoms with Gasteiger partial charge in [-0.2, -0.15) is 9.61 Å². The molecule has 22 heavy (non-hydrogen) atoms. The molecule has 4 aromatic rings. The second-order valence-corrected chi connectivity index (χ2v) is 5.68. The van der Waals surface area contributed by atoms with Gasteiger partial charge in [0.2, 0.25) is 0 Å². The standard InChI is InChI=1S/C17H13N5/c1-2-5-11(6-3-1)14-15-13(7-4-10-18-15)17-20-19-16(12-8-9-12)22(17)21-14/h1-7,10,12H,8-9H2. The predicted octanol–water partition coefficient (Wildman–Crippen LogP) is 3.22. The van der Waals surface area contributed by atoms with Crippen LogP contribution in [0.4, 0.5) is 0 Å². The maximum absolute atomic E-state index is 4.82. The second kappa shape index (κ2) is 4.34. The number of hydrogen-bond donors (Lipinski definition) is 0. The molecule has 0 N–H and O–H groups in total. The molecule has 1 aliphatic rings. The molecule has 0 atom stereocenters. The summed E-state index contributed by atoms with van der Waals surface area (Å²) >= 11 is 0. The molecule has 0 saturated heterocycles. The highest BCUT2D eigenvalue weighted by atomic mass is 15.4. The van der Waals surface area contributed by atoms with E-state index in [1.54, 1.807) is 6.20 Å². The summed E-state index contributed by atoms with van der Waals surface area (Å²) < 4.78 is 1.91. The highest BCUT2D eigenvalue weighted by Crippen LogP contribution is 2.39. The van der Waals surface area contributed by atoms with E-state index in [4.69, 9.17) is 5.10 Å². The molecule has 1 fully saturated rings. The lowest BCUT2D eigenvalue weighted by molar-refractivity contribution is 0.821. The molecule has 0 bridgehead atoms. The zero-order valence-corrected chi connectivity index (χ0v) is 11.8. The van der Waals surface area contributed by atoms with Crippen LogP contribution in [0.1, 0.15) is 24.6 Å². The fraction of sp³-hybridized carbons (Fsp3) is 0.176. The predicted molar refractivity (Wildman–Crippen MR) is 83.5 cm³/mol. The Labute approximate surface area is 126 Å². The lowest BCUT2D eigenvalue weighted by Crippen LogP contribution is -2.01. The molecule has 3 aromatic heterocycles. The normalized spacial score (nSPS) is 14.7. The molecule has 0 spiro atoms. The van der Waals surface area contributed by atoms with Crippen LogP contribution in [0, 0.1) is 0 Å². The minimum atomic E-state index is 0.500. The van der Waals surface area contributed by atoms with Gasteiger partial charge in [0.25, 0.3) is 0 Å². The number of hydrogen-bond acceptors (Lipinski definition) is 4. The first kappa shape index (κ1) is 11.8. The van der Waals surface area contributed by atoms with E-state index in [1.807, 2.05) is 34.8 Å². The van der Waals surface area contributed by atoms with Crippen LogP contribution in [0.2, 0.25) is 0 Å². The van der Waals surface area contributed by atoms with Crippen molar-refractivity contribution in [3.05, 3.63) is 54.5 Å². The van der Waals surface area contributed by atoms with Crippen LogP contribution in [0.15, 0.2) is 48.7 Å². The topological polar surface area (TPSA) is 56.0 Å². The molecular weight excluding hydrogens is 274 g/mol. The number of pyridine rings is 1. The van der Waals surface area contributed by atoms with Crippen LogP contribution in [0.3, 0.4) is 0 Å². The van der Waals surface area contributed by atoms with E-state index >= 15 is 0 Å². The third-order valence-electron chi connectivity index (χ3n) is 4.13. The van der Waals surface area contributed by atoms with Gasteiger partial charge in [0.1, 0.15) is 11.2 Å². The Morgan fingerprint density at radius 2 is 1.82 bits per heavy atom. The molecule has 5 heteroatoms. The van der Waals surface area contributed by atoms with Crippen molar-refractivity contribution in [1.82, 2.24) is 24.8 Å². The summed E-state index contributed by atoms with van der Waals surface area (Å²) in [6, 6.07) is 14.1. The fourth-order valence-electron chi connectivity index (χ4n) is 2.87. The highest BCUT2D eigenvalue weighted by Gasteiger charge is 2.30. The molecule has 5 rings (SSSR count). The number of nitrogens with zero attached hydrogens (tertiary/aromatic N) is 5. The lowest BCUT2D eigenvalue weighted by Gasteiger charge is -2.07. The summed E-state index contributed by atoms with van der Waals surface area (Å²) in [5, 5.41) is 14.5. The molecule has 0 radical (unpaired) electrons.